The van der Waals surface area contributed by atoms with Crippen molar-refractivity contribution in [2.45, 2.75) is 19.4 Å². The highest BCUT2D eigenvalue weighted by Crippen LogP contribution is 2.41. The maximum Gasteiger partial charge on any atom is 0.295 e. The molecule has 1 amide bonds. The molecule has 2 N–H and O–H groups in total. The van der Waals surface area contributed by atoms with Crippen LogP contribution in [0.4, 0.5) is 0 Å². The zero-order valence-electron chi connectivity index (χ0n) is 19.6. The van der Waals surface area contributed by atoms with E-state index in [0.717, 1.165) is 19.6 Å². The zero-order valence-corrected chi connectivity index (χ0v) is 20.3. The number of nitrogens with one attached hydrogen (secondary N) is 1. The molecule has 2 aliphatic heterocycles. The number of quaternary nitrogens is 1. The summed E-state index contributed by atoms with van der Waals surface area (Å²) in [6.07, 6.45) is 0.678. The van der Waals surface area contributed by atoms with E-state index in [0.29, 0.717) is 48.9 Å². The normalized spacial score (nSPS) is 20.4. The monoisotopic (exact) mass is 500 g/mol. The number of rotatable bonds is 8. The summed E-state index contributed by atoms with van der Waals surface area (Å²) >= 11 is 5.98. The molecule has 2 aromatic rings. The first kappa shape index (κ1) is 25.0. The van der Waals surface area contributed by atoms with E-state index < -0.39 is 17.7 Å². The van der Waals surface area contributed by atoms with Crippen LogP contribution >= 0.6 is 11.6 Å². The standard InChI is InChI=1S/C26H29ClN2O6/c1-2-35-21-16-18(6-9-20(21)30)23-22(24(31)17-4-7-19(27)8-5-17)25(32)26(33)29(23)11-3-10-28-12-14-34-15-13-28/h4-9,16,23,30-31H,2-3,10-15H2,1H3. The summed E-state index contributed by atoms with van der Waals surface area (Å²) in [5.41, 5.74) is 0.888. The summed E-state index contributed by atoms with van der Waals surface area (Å²) in [4.78, 5) is 29.2. The number of amides is 1. The van der Waals surface area contributed by atoms with Gasteiger partial charge in [0.2, 0.25) is 0 Å². The Labute approximate surface area is 209 Å². The fourth-order valence-electron chi connectivity index (χ4n) is 4.59. The van der Waals surface area contributed by atoms with Crippen molar-refractivity contribution >= 4 is 29.1 Å². The third-order valence-electron chi connectivity index (χ3n) is 6.37. The molecule has 2 aliphatic rings. The maximum absolute atomic E-state index is 13.2. The molecule has 0 bridgehead atoms. The van der Waals surface area contributed by atoms with E-state index in [2.05, 4.69) is 0 Å². The Balaban J connectivity index is 1.71. The molecule has 2 aromatic carbocycles. The molecule has 2 fully saturated rings. The number of hydrogen-bond acceptors (Lipinski definition) is 6. The van der Waals surface area contributed by atoms with E-state index in [-0.39, 0.29) is 22.8 Å². The van der Waals surface area contributed by atoms with Crippen molar-refractivity contribution in [1.29, 1.82) is 0 Å². The van der Waals surface area contributed by atoms with Crippen LogP contribution in [0.25, 0.3) is 5.76 Å². The average molecular weight is 501 g/mol. The predicted molar refractivity (Wildman–Crippen MR) is 129 cm³/mol. The van der Waals surface area contributed by atoms with Crippen LogP contribution in [0.2, 0.25) is 5.02 Å². The number of halogens is 1. The van der Waals surface area contributed by atoms with Crippen molar-refractivity contribution in [3.05, 3.63) is 64.2 Å². The molecule has 0 radical (unpaired) electrons. The van der Waals surface area contributed by atoms with Gasteiger partial charge < -0.3 is 29.5 Å². The molecule has 186 valence electrons. The van der Waals surface area contributed by atoms with Gasteiger partial charge in [-0.2, -0.15) is 0 Å². The molecule has 1 unspecified atom stereocenters. The van der Waals surface area contributed by atoms with E-state index in [1.165, 1.54) is 15.9 Å². The first-order chi connectivity index (χ1) is 16.9. The number of ketones is 1. The number of likely N-dealkylation sites (tertiary alicyclic amines) is 1. The predicted octanol–water partition coefficient (Wildman–Crippen LogP) is 1.54. The number of carbonyl (C=O) groups excluding carboxylic acids is 2. The van der Waals surface area contributed by atoms with Crippen molar-refractivity contribution in [1.82, 2.24) is 4.90 Å². The van der Waals surface area contributed by atoms with Crippen molar-refractivity contribution < 1.29 is 34.2 Å². The molecule has 8 nitrogen and oxygen atoms in total. The maximum atomic E-state index is 13.2. The molecule has 0 saturated carbocycles. The summed E-state index contributed by atoms with van der Waals surface area (Å²) in [7, 11) is 0. The number of aliphatic hydroxyl groups is 1. The summed E-state index contributed by atoms with van der Waals surface area (Å²) in [6, 6.07) is 10.0. The Morgan fingerprint density at radius 1 is 1.20 bits per heavy atom. The van der Waals surface area contributed by atoms with Crippen molar-refractivity contribution in [2.24, 2.45) is 0 Å². The second-order valence-electron chi connectivity index (χ2n) is 8.60. The van der Waals surface area contributed by atoms with Crippen LogP contribution in [0.15, 0.2) is 48.0 Å². The second-order valence-corrected chi connectivity index (χ2v) is 9.04. The highest BCUT2D eigenvalue weighted by molar-refractivity contribution is 6.46. The van der Waals surface area contributed by atoms with E-state index in [1.807, 2.05) is 0 Å². The van der Waals surface area contributed by atoms with Gasteiger partial charge in [0.15, 0.2) is 0 Å². The van der Waals surface area contributed by atoms with Gasteiger partial charge in [-0.1, -0.05) is 29.5 Å². The minimum atomic E-state index is -0.842. The molecule has 2 heterocycles. The fourth-order valence-corrected chi connectivity index (χ4v) is 4.72. The zero-order chi connectivity index (χ0) is 24.9. The number of morpholine rings is 1. The lowest BCUT2D eigenvalue weighted by Gasteiger charge is -2.28. The SMILES string of the molecule is CCOc1cc(C2C(=C(O)c3ccc(Cl)cc3)C(=O)C(=O)N2CCC[NH+]2CCOCC2)ccc1[O-]. The molecule has 9 heteroatoms. The van der Waals surface area contributed by atoms with Crippen LogP contribution in [0, 0.1) is 0 Å². The molecule has 4 rings (SSSR count). The quantitative estimate of drug-likeness (QED) is 0.324. The van der Waals surface area contributed by atoms with E-state index in [9.17, 15) is 19.8 Å². The number of aliphatic hydroxyl groups excluding tert-OH is 1. The lowest BCUT2D eigenvalue weighted by Crippen LogP contribution is -3.14. The van der Waals surface area contributed by atoms with Gasteiger partial charge in [-0.05, 0) is 42.8 Å². The molecule has 2 saturated heterocycles. The molecular weight excluding hydrogens is 472 g/mol. The third kappa shape index (κ3) is 5.45. The Bertz CT molecular complexity index is 1110. The smallest absolute Gasteiger partial charge is 0.295 e. The highest BCUT2D eigenvalue weighted by atomic mass is 35.5. The van der Waals surface area contributed by atoms with Gasteiger partial charge in [0.1, 0.15) is 24.6 Å². The number of hydrogen-bond donors (Lipinski definition) is 2. The number of ether oxygens (including phenoxy) is 2. The van der Waals surface area contributed by atoms with Gasteiger partial charge in [-0.25, -0.2) is 0 Å². The van der Waals surface area contributed by atoms with Crippen LogP contribution in [0.3, 0.4) is 0 Å². The minimum Gasteiger partial charge on any atom is -0.870 e. The van der Waals surface area contributed by atoms with Gasteiger partial charge in [0, 0.05) is 23.6 Å². The number of carbonyl (C=O) groups is 2. The molecule has 0 aliphatic carbocycles. The summed E-state index contributed by atoms with van der Waals surface area (Å²) in [5.74, 6) is -1.87. The van der Waals surface area contributed by atoms with Gasteiger partial charge >= 0.3 is 0 Å². The topological polar surface area (TPSA) is 104 Å². The molecule has 0 aromatic heterocycles. The summed E-state index contributed by atoms with van der Waals surface area (Å²) in [6.45, 7) is 6.47. The van der Waals surface area contributed by atoms with Crippen LogP contribution in [0.1, 0.15) is 30.5 Å². The van der Waals surface area contributed by atoms with Crippen molar-refractivity contribution in [2.75, 3.05) is 46.0 Å². The number of benzene rings is 2. The Morgan fingerprint density at radius 2 is 1.91 bits per heavy atom. The molecule has 0 spiro atoms. The summed E-state index contributed by atoms with van der Waals surface area (Å²) in [5, 5.41) is 23.9. The number of nitrogens with zero attached hydrogens (tertiary/aromatic N) is 1. The van der Waals surface area contributed by atoms with Crippen molar-refractivity contribution in [3.63, 3.8) is 0 Å². The highest BCUT2D eigenvalue weighted by Gasteiger charge is 2.46. The van der Waals surface area contributed by atoms with E-state index >= 15 is 0 Å². The van der Waals surface area contributed by atoms with Crippen LogP contribution < -0.4 is 14.7 Å². The van der Waals surface area contributed by atoms with Gasteiger partial charge in [0.25, 0.3) is 11.7 Å². The Hall–Kier alpha value is -3.07. The molecule has 35 heavy (non-hydrogen) atoms. The first-order valence-electron chi connectivity index (χ1n) is 11.8. The Kier molecular flexibility index (Phi) is 7.95. The largest absolute Gasteiger partial charge is 0.870 e. The second kappa shape index (κ2) is 11.1. The van der Waals surface area contributed by atoms with Crippen molar-refractivity contribution in [3.8, 4) is 11.5 Å². The van der Waals surface area contributed by atoms with Gasteiger partial charge in [0.05, 0.1) is 38.0 Å². The van der Waals surface area contributed by atoms with Crippen LogP contribution in [0.5, 0.6) is 11.5 Å². The lowest BCUT2D eigenvalue weighted by molar-refractivity contribution is -0.908. The van der Waals surface area contributed by atoms with Crippen LogP contribution in [-0.2, 0) is 14.3 Å². The molecule has 1 atom stereocenters. The van der Waals surface area contributed by atoms with Gasteiger partial charge in [-0.15, -0.1) is 0 Å². The number of Topliss-reactive ketones (excluding diaryl/α,β-unsaturated/α-hetero) is 1. The lowest BCUT2D eigenvalue weighted by atomic mass is 9.95. The average Bonchev–Trinajstić information content (AvgIpc) is 3.11. The van der Waals surface area contributed by atoms with E-state index in [1.54, 1.807) is 43.3 Å². The van der Waals surface area contributed by atoms with Gasteiger partial charge in [-0.3, -0.25) is 9.59 Å². The molecular formula is C26H29ClN2O6. The minimum absolute atomic E-state index is 0.0165. The first-order valence-corrected chi connectivity index (χ1v) is 12.2. The Morgan fingerprint density at radius 3 is 2.60 bits per heavy atom. The van der Waals surface area contributed by atoms with Crippen LogP contribution in [-0.4, -0.2) is 67.7 Å². The summed E-state index contributed by atoms with van der Waals surface area (Å²) < 4.78 is 10.9. The third-order valence-corrected chi connectivity index (χ3v) is 6.62. The van der Waals surface area contributed by atoms with E-state index in [4.69, 9.17) is 21.1 Å². The fraction of sp³-hybridized carbons (Fsp3) is 0.385.